The molecule has 5 atom stereocenters. The lowest BCUT2D eigenvalue weighted by atomic mass is 9.60. The van der Waals surface area contributed by atoms with Crippen molar-refractivity contribution in [2.45, 2.75) is 86.0 Å². The summed E-state index contributed by atoms with van der Waals surface area (Å²) in [6.45, 7) is 12.4. The van der Waals surface area contributed by atoms with Gasteiger partial charge in [-0.1, -0.05) is 41.0 Å². The summed E-state index contributed by atoms with van der Waals surface area (Å²) in [6.07, 6.45) is 12.3. The molecule has 0 aromatic carbocycles. The molecule has 0 heteroatoms. The fourth-order valence-corrected chi connectivity index (χ4v) is 6.40. The Morgan fingerprint density at radius 3 is 1.90 bits per heavy atom. The lowest BCUT2D eigenvalue weighted by Crippen LogP contribution is -2.37. The van der Waals surface area contributed by atoms with Crippen LogP contribution in [0.2, 0.25) is 0 Å². The third kappa shape index (κ3) is 3.20. The van der Waals surface area contributed by atoms with Crippen molar-refractivity contribution >= 4 is 0 Å². The second kappa shape index (κ2) is 5.89. The van der Waals surface area contributed by atoms with Gasteiger partial charge in [-0.05, 0) is 91.8 Å². The van der Waals surface area contributed by atoms with E-state index in [1.165, 1.54) is 19.3 Å². The number of hydrogen-bond donors (Lipinski definition) is 0. The van der Waals surface area contributed by atoms with Crippen molar-refractivity contribution in [1.82, 2.24) is 0 Å². The molecule has 5 unspecified atom stereocenters. The second-order valence-electron chi connectivity index (χ2n) is 10.1. The third-order valence-corrected chi connectivity index (χ3v) is 7.74. The van der Waals surface area contributed by atoms with Crippen LogP contribution in [0, 0.1) is 46.8 Å². The minimum Gasteiger partial charge on any atom is -0.0625 e. The molecular weight excluding hydrogens is 252 g/mol. The van der Waals surface area contributed by atoms with Gasteiger partial charge in [0.1, 0.15) is 0 Å². The van der Waals surface area contributed by atoms with E-state index < -0.39 is 0 Å². The van der Waals surface area contributed by atoms with Gasteiger partial charge in [-0.25, -0.2) is 0 Å². The molecule has 0 bridgehead atoms. The summed E-state index contributed by atoms with van der Waals surface area (Å²) in [5.74, 6) is 7.36. The average Bonchev–Trinajstić information content (AvgIpc) is 2.81. The number of rotatable bonds is 1. The van der Waals surface area contributed by atoms with Crippen molar-refractivity contribution in [3.8, 4) is 0 Å². The van der Waals surface area contributed by atoms with E-state index in [0.29, 0.717) is 5.41 Å². The van der Waals surface area contributed by atoms with Crippen molar-refractivity contribution in [2.24, 2.45) is 46.8 Å². The SMILES string of the molecule is CC1CC2C(C)CCC(C3CCC(C(C)(C)C)CC3)C2C1. The molecule has 0 aromatic rings. The largest absolute Gasteiger partial charge is 0.0625 e. The fraction of sp³-hybridized carbons (Fsp3) is 1.00. The van der Waals surface area contributed by atoms with E-state index in [1.54, 1.807) is 32.1 Å². The molecule has 122 valence electrons. The topological polar surface area (TPSA) is 0 Å². The van der Waals surface area contributed by atoms with Crippen molar-refractivity contribution in [2.75, 3.05) is 0 Å². The van der Waals surface area contributed by atoms with Gasteiger partial charge >= 0.3 is 0 Å². The summed E-state index contributed by atoms with van der Waals surface area (Å²) in [6, 6.07) is 0. The van der Waals surface area contributed by atoms with E-state index in [4.69, 9.17) is 0 Å². The van der Waals surface area contributed by atoms with Gasteiger partial charge in [0, 0.05) is 0 Å². The monoisotopic (exact) mass is 290 g/mol. The Balaban J connectivity index is 1.63. The van der Waals surface area contributed by atoms with Crippen molar-refractivity contribution in [3.63, 3.8) is 0 Å². The highest BCUT2D eigenvalue weighted by Crippen LogP contribution is 2.55. The first kappa shape index (κ1) is 15.9. The lowest BCUT2D eigenvalue weighted by Gasteiger charge is -2.46. The highest BCUT2D eigenvalue weighted by molar-refractivity contribution is 4.95. The molecule has 0 heterocycles. The maximum atomic E-state index is 2.54. The minimum absolute atomic E-state index is 0.538. The zero-order valence-corrected chi connectivity index (χ0v) is 15.2. The maximum absolute atomic E-state index is 2.54. The van der Waals surface area contributed by atoms with Gasteiger partial charge in [0.25, 0.3) is 0 Å². The molecule has 3 rings (SSSR count). The highest BCUT2D eigenvalue weighted by Gasteiger charge is 2.46. The molecule has 3 saturated carbocycles. The summed E-state index contributed by atoms with van der Waals surface area (Å²) in [4.78, 5) is 0. The first-order valence-electron chi connectivity index (χ1n) is 9.86. The second-order valence-corrected chi connectivity index (χ2v) is 10.1. The molecule has 3 fully saturated rings. The summed E-state index contributed by atoms with van der Waals surface area (Å²) in [7, 11) is 0. The molecule has 0 aliphatic heterocycles. The Labute approximate surface area is 133 Å². The lowest BCUT2D eigenvalue weighted by molar-refractivity contribution is 0.0431. The van der Waals surface area contributed by atoms with Gasteiger partial charge in [-0.15, -0.1) is 0 Å². The molecule has 0 amide bonds. The van der Waals surface area contributed by atoms with E-state index >= 15 is 0 Å². The predicted molar refractivity (Wildman–Crippen MR) is 92.2 cm³/mol. The van der Waals surface area contributed by atoms with Crippen LogP contribution >= 0.6 is 0 Å². The van der Waals surface area contributed by atoms with Gasteiger partial charge < -0.3 is 0 Å². The van der Waals surface area contributed by atoms with E-state index in [-0.39, 0.29) is 0 Å². The van der Waals surface area contributed by atoms with E-state index in [9.17, 15) is 0 Å². The Morgan fingerprint density at radius 2 is 1.29 bits per heavy atom. The van der Waals surface area contributed by atoms with Crippen LogP contribution in [-0.4, -0.2) is 0 Å². The van der Waals surface area contributed by atoms with Crippen LogP contribution in [-0.2, 0) is 0 Å². The normalized spacial score (nSPS) is 48.1. The Kier molecular flexibility index (Phi) is 4.46. The van der Waals surface area contributed by atoms with Crippen LogP contribution in [0.3, 0.4) is 0 Å². The highest BCUT2D eigenvalue weighted by atomic mass is 14.5. The molecule has 0 radical (unpaired) electrons. The minimum atomic E-state index is 0.538. The molecule has 0 spiro atoms. The Morgan fingerprint density at radius 1 is 0.667 bits per heavy atom. The first-order chi connectivity index (χ1) is 9.86. The Bertz CT molecular complexity index is 342. The fourth-order valence-electron chi connectivity index (χ4n) is 6.40. The molecule has 3 aliphatic rings. The van der Waals surface area contributed by atoms with Gasteiger partial charge in [-0.3, -0.25) is 0 Å². The third-order valence-electron chi connectivity index (χ3n) is 7.74. The average molecular weight is 291 g/mol. The zero-order valence-electron chi connectivity index (χ0n) is 15.2. The van der Waals surface area contributed by atoms with Crippen molar-refractivity contribution in [3.05, 3.63) is 0 Å². The standard InChI is InChI=1S/C21H38/c1-14-12-19-15(2)6-11-18(20(19)13-14)16-7-9-17(10-8-16)21(3,4)5/h14-20H,6-13H2,1-5H3. The van der Waals surface area contributed by atoms with Crippen LogP contribution < -0.4 is 0 Å². The summed E-state index contributed by atoms with van der Waals surface area (Å²) >= 11 is 0. The van der Waals surface area contributed by atoms with E-state index in [1.807, 2.05) is 0 Å². The molecule has 21 heavy (non-hydrogen) atoms. The van der Waals surface area contributed by atoms with Gasteiger partial charge in [0.05, 0.1) is 0 Å². The van der Waals surface area contributed by atoms with E-state index in [2.05, 4.69) is 34.6 Å². The summed E-state index contributed by atoms with van der Waals surface area (Å²) in [5.41, 5.74) is 0.538. The predicted octanol–water partition coefficient (Wildman–Crippen LogP) is 6.55. The van der Waals surface area contributed by atoms with Crippen LogP contribution in [0.15, 0.2) is 0 Å². The Hall–Kier alpha value is 0. The van der Waals surface area contributed by atoms with Gasteiger partial charge in [0.15, 0.2) is 0 Å². The number of fused-ring (bicyclic) bond motifs is 1. The van der Waals surface area contributed by atoms with Crippen LogP contribution in [0.4, 0.5) is 0 Å². The maximum Gasteiger partial charge on any atom is -0.0350 e. The van der Waals surface area contributed by atoms with Crippen LogP contribution in [0.25, 0.3) is 0 Å². The summed E-state index contributed by atoms with van der Waals surface area (Å²) < 4.78 is 0. The van der Waals surface area contributed by atoms with Crippen LogP contribution in [0.1, 0.15) is 86.0 Å². The molecule has 0 nitrogen and oxygen atoms in total. The molecule has 0 saturated heterocycles. The smallest absolute Gasteiger partial charge is 0.0350 e. The summed E-state index contributed by atoms with van der Waals surface area (Å²) in [5, 5.41) is 0. The van der Waals surface area contributed by atoms with Gasteiger partial charge in [0.2, 0.25) is 0 Å². The van der Waals surface area contributed by atoms with Gasteiger partial charge in [-0.2, -0.15) is 0 Å². The van der Waals surface area contributed by atoms with Crippen molar-refractivity contribution < 1.29 is 0 Å². The molecule has 0 aromatic heterocycles. The molecular formula is C21H38. The van der Waals surface area contributed by atoms with Crippen LogP contribution in [0.5, 0.6) is 0 Å². The number of hydrogen-bond acceptors (Lipinski definition) is 0. The quantitative estimate of drug-likeness (QED) is 0.514. The van der Waals surface area contributed by atoms with E-state index in [0.717, 1.165) is 41.4 Å². The first-order valence-corrected chi connectivity index (χ1v) is 9.86. The molecule has 3 aliphatic carbocycles. The zero-order chi connectivity index (χ0) is 15.2. The van der Waals surface area contributed by atoms with Crippen molar-refractivity contribution in [1.29, 1.82) is 0 Å². The molecule has 0 N–H and O–H groups in total.